The first-order valence-corrected chi connectivity index (χ1v) is 8.90. The van der Waals surface area contributed by atoms with Crippen LogP contribution in [0.15, 0.2) is 48.5 Å². The van der Waals surface area contributed by atoms with Crippen molar-refractivity contribution in [3.63, 3.8) is 0 Å². The molecular weight excluding hydrogens is 328 g/mol. The topological polar surface area (TPSA) is 72.6 Å². The van der Waals surface area contributed by atoms with E-state index in [0.717, 1.165) is 18.4 Å². The fraction of sp³-hybridized carbons (Fsp3) is 0.333. The summed E-state index contributed by atoms with van der Waals surface area (Å²) < 4.78 is 5.84. The standard InChI is InChI=1S/C21H24N2O3/c1-15-5-2-6-16(11-15)14-26-19-9-3-7-17(12-19)21(25)23-10-4-8-18(13-23)20(22)24/h2-3,5-7,9,11-12,18H,4,8,10,13-14H2,1H3,(H2,22,24). The van der Waals surface area contributed by atoms with Gasteiger partial charge >= 0.3 is 0 Å². The molecule has 1 saturated heterocycles. The molecule has 0 aliphatic carbocycles. The maximum atomic E-state index is 12.8. The molecule has 2 aromatic carbocycles. The van der Waals surface area contributed by atoms with Crippen LogP contribution >= 0.6 is 0 Å². The molecule has 1 fully saturated rings. The number of nitrogens with zero attached hydrogens (tertiary/aromatic N) is 1. The summed E-state index contributed by atoms with van der Waals surface area (Å²) in [5, 5.41) is 0. The van der Waals surface area contributed by atoms with Crippen molar-refractivity contribution in [2.45, 2.75) is 26.4 Å². The van der Waals surface area contributed by atoms with Gasteiger partial charge in [-0.1, -0.05) is 35.9 Å². The molecule has 1 unspecified atom stereocenters. The molecule has 2 N–H and O–H groups in total. The Morgan fingerprint density at radius 1 is 1.19 bits per heavy atom. The molecule has 3 rings (SSSR count). The SMILES string of the molecule is Cc1cccc(COc2cccc(C(=O)N3CCCC(C(N)=O)C3)c2)c1. The van der Waals surface area contributed by atoms with Crippen molar-refractivity contribution in [1.82, 2.24) is 4.90 Å². The number of benzene rings is 2. The first kappa shape index (κ1) is 18.0. The third-order valence-electron chi connectivity index (χ3n) is 4.68. The summed E-state index contributed by atoms with van der Waals surface area (Å²) in [6.45, 7) is 3.53. The zero-order valence-electron chi connectivity index (χ0n) is 15.0. The van der Waals surface area contributed by atoms with Crippen molar-refractivity contribution < 1.29 is 14.3 Å². The fourth-order valence-electron chi connectivity index (χ4n) is 3.26. The second-order valence-corrected chi connectivity index (χ2v) is 6.80. The van der Waals surface area contributed by atoms with Gasteiger partial charge in [-0.05, 0) is 43.5 Å². The number of carbonyl (C=O) groups excluding carboxylic acids is 2. The molecule has 1 aliphatic heterocycles. The molecule has 2 amide bonds. The Hall–Kier alpha value is -2.82. The van der Waals surface area contributed by atoms with Gasteiger partial charge in [-0.3, -0.25) is 9.59 Å². The average molecular weight is 352 g/mol. The highest BCUT2D eigenvalue weighted by Crippen LogP contribution is 2.21. The van der Waals surface area contributed by atoms with Crippen LogP contribution in [0, 0.1) is 12.8 Å². The first-order chi connectivity index (χ1) is 12.5. The quantitative estimate of drug-likeness (QED) is 0.899. The van der Waals surface area contributed by atoms with Gasteiger partial charge in [0.25, 0.3) is 5.91 Å². The summed E-state index contributed by atoms with van der Waals surface area (Å²) in [6.07, 6.45) is 1.54. The summed E-state index contributed by atoms with van der Waals surface area (Å²) in [4.78, 5) is 25.9. The van der Waals surface area contributed by atoms with Gasteiger partial charge in [0.2, 0.25) is 5.91 Å². The number of ether oxygens (including phenoxy) is 1. The molecule has 0 spiro atoms. The van der Waals surface area contributed by atoms with Gasteiger partial charge in [0.15, 0.2) is 0 Å². The van der Waals surface area contributed by atoms with Crippen LogP contribution in [0.3, 0.4) is 0 Å². The number of nitrogens with two attached hydrogens (primary N) is 1. The van der Waals surface area contributed by atoms with Crippen molar-refractivity contribution in [3.8, 4) is 5.75 Å². The molecule has 1 heterocycles. The maximum absolute atomic E-state index is 12.8. The molecule has 1 aliphatic rings. The Kier molecular flexibility index (Phi) is 5.56. The molecule has 5 nitrogen and oxygen atoms in total. The van der Waals surface area contributed by atoms with Gasteiger partial charge in [0, 0.05) is 18.7 Å². The van der Waals surface area contributed by atoms with Crippen LogP contribution in [0.2, 0.25) is 0 Å². The van der Waals surface area contributed by atoms with E-state index in [1.54, 1.807) is 17.0 Å². The summed E-state index contributed by atoms with van der Waals surface area (Å²) in [5.41, 5.74) is 8.24. The normalized spacial score (nSPS) is 17.0. The highest BCUT2D eigenvalue weighted by Gasteiger charge is 2.27. The molecule has 1 atom stereocenters. The van der Waals surface area contributed by atoms with Crippen LogP contribution in [0.4, 0.5) is 0 Å². The zero-order valence-corrected chi connectivity index (χ0v) is 15.0. The van der Waals surface area contributed by atoms with E-state index in [9.17, 15) is 9.59 Å². The average Bonchev–Trinajstić information content (AvgIpc) is 2.66. The van der Waals surface area contributed by atoms with Gasteiger partial charge < -0.3 is 15.4 Å². The molecule has 0 radical (unpaired) electrons. The molecule has 0 bridgehead atoms. The smallest absolute Gasteiger partial charge is 0.254 e. The molecule has 26 heavy (non-hydrogen) atoms. The fourth-order valence-corrected chi connectivity index (χ4v) is 3.26. The summed E-state index contributed by atoms with van der Waals surface area (Å²) in [6, 6.07) is 15.3. The van der Waals surface area contributed by atoms with Gasteiger partial charge in [0.05, 0.1) is 5.92 Å². The Morgan fingerprint density at radius 3 is 2.77 bits per heavy atom. The number of hydrogen-bond donors (Lipinski definition) is 1. The first-order valence-electron chi connectivity index (χ1n) is 8.90. The van der Waals surface area contributed by atoms with E-state index in [4.69, 9.17) is 10.5 Å². The Bertz CT molecular complexity index is 803. The number of carbonyl (C=O) groups is 2. The maximum Gasteiger partial charge on any atom is 0.254 e. The van der Waals surface area contributed by atoms with Crippen LogP contribution in [0.1, 0.15) is 34.3 Å². The van der Waals surface area contributed by atoms with E-state index in [-0.39, 0.29) is 17.7 Å². The number of primary amides is 1. The van der Waals surface area contributed by atoms with Crippen molar-refractivity contribution in [1.29, 1.82) is 0 Å². The van der Waals surface area contributed by atoms with Crippen molar-refractivity contribution in [2.75, 3.05) is 13.1 Å². The number of aryl methyl sites for hydroxylation is 1. The minimum atomic E-state index is -0.335. The lowest BCUT2D eigenvalue weighted by atomic mass is 9.97. The molecule has 0 saturated carbocycles. The second-order valence-electron chi connectivity index (χ2n) is 6.80. The predicted molar refractivity (Wildman–Crippen MR) is 99.8 cm³/mol. The third kappa shape index (κ3) is 4.42. The summed E-state index contributed by atoms with van der Waals surface area (Å²) >= 11 is 0. The Morgan fingerprint density at radius 2 is 2.00 bits per heavy atom. The lowest BCUT2D eigenvalue weighted by Crippen LogP contribution is -2.44. The summed E-state index contributed by atoms with van der Waals surface area (Å²) in [7, 11) is 0. The number of amides is 2. The van der Waals surface area contributed by atoms with E-state index in [0.29, 0.717) is 31.0 Å². The van der Waals surface area contributed by atoms with Crippen LogP contribution in [-0.4, -0.2) is 29.8 Å². The van der Waals surface area contributed by atoms with Gasteiger partial charge in [-0.15, -0.1) is 0 Å². The van der Waals surface area contributed by atoms with Crippen LogP contribution in [0.25, 0.3) is 0 Å². The monoisotopic (exact) mass is 352 g/mol. The van der Waals surface area contributed by atoms with E-state index < -0.39 is 0 Å². The lowest BCUT2D eigenvalue weighted by molar-refractivity contribution is -0.123. The zero-order chi connectivity index (χ0) is 18.5. The predicted octanol–water partition coefficient (Wildman–Crippen LogP) is 2.91. The lowest BCUT2D eigenvalue weighted by Gasteiger charge is -2.31. The van der Waals surface area contributed by atoms with Crippen LogP contribution < -0.4 is 10.5 Å². The van der Waals surface area contributed by atoms with E-state index in [2.05, 4.69) is 6.07 Å². The van der Waals surface area contributed by atoms with Gasteiger partial charge in [0.1, 0.15) is 12.4 Å². The van der Waals surface area contributed by atoms with E-state index >= 15 is 0 Å². The minimum Gasteiger partial charge on any atom is -0.489 e. The molecule has 136 valence electrons. The summed E-state index contributed by atoms with van der Waals surface area (Å²) in [5.74, 6) is -0.0241. The number of likely N-dealkylation sites (tertiary alicyclic amines) is 1. The number of piperidine rings is 1. The van der Waals surface area contributed by atoms with Crippen LogP contribution in [0.5, 0.6) is 5.75 Å². The minimum absolute atomic E-state index is 0.0862. The second kappa shape index (κ2) is 8.04. The van der Waals surface area contributed by atoms with Crippen molar-refractivity contribution >= 4 is 11.8 Å². The molecule has 2 aromatic rings. The van der Waals surface area contributed by atoms with Crippen molar-refractivity contribution in [2.24, 2.45) is 11.7 Å². The van der Waals surface area contributed by atoms with E-state index in [1.165, 1.54) is 5.56 Å². The number of rotatable bonds is 5. The van der Waals surface area contributed by atoms with Crippen molar-refractivity contribution in [3.05, 3.63) is 65.2 Å². The highest BCUT2D eigenvalue weighted by molar-refractivity contribution is 5.95. The molecule has 5 heteroatoms. The van der Waals surface area contributed by atoms with E-state index in [1.807, 2.05) is 37.3 Å². The molecule has 0 aromatic heterocycles. The van der Waals surface area contributed by atoms with Crippen LogP contribution in [-0.2, 0) is 11.4 Å². The largest absolute Gasteiger partial charge is 0.489 e. The Labute approximate surface area is 153 Å². The number of hydrogen-bond acceptors (Lipinski definition) is 3. The Balaban J connectivity index is 1.66. The van der Waals surface area contributed by atoms with Gasteiger partial charge in [-0.25, -0.2) is 0 Å². The van der Waals surface area contributed by atoms with Gasteiger partial charge in [-0.2, -0.15) is 0 Å². The highest BCUT2D eigenvalue weighted by atomic mass is 16.5. The third-order valence-corrected chi connectivity index (χ3v) is 4.68. The molecular formula is C21H24N2O3.